The van der Waals surface area contributed by atoms with Crippen molar-refractivity contribution in [1.29, 1.82) is 0 Å². The highest BCUT2D eigenvalue weighted by atomic mass is 19.1. The number of anilines is 3. The first-order chi connectivity index (χ1) is 8.08. The number of benzene rings is 2. The van der Waals surface area contributed by atoms with Crippen molar-refractivity contribution >= 4 is 17.1 Å². The third-order valence-electron chi connectivity index (χ3n) is 2.77. The summed E-state index contributed by atoms with van der Waals surface area (Å²) < 4.78 is 13.7. The lowest BCUT2D eigenvalue weighted by atomic mass is 10.1. The molecule has 0 fully saturated rings. The van der Waals surface area contributed by atoms with E-state index in [1.54, 1.807) is 6.07 Å². The monoisotopic (exact) mass is 230 g/mol. The van der Waals surface area contributed by atoms with Crippen LogP contribution in [0.4, 0.5) is 21.5 Å². The molecule has 0 saturated heterocycles. The third-order valence-corrected chi connectivity index (χ3v) is 2.77. The van der Waals surface area contributed by atoms with Crippen molar-refractivity contribution in [2.45, 2.75) is 13.8 Å². The molecule has 0 aliphatic carbocycles. The van der Waals surface area contributed by atoms with Gasteiger partial charge < -0.3 is 11.1 Å². The van der Waals surface area contributed by atoms with Gasteiger partial charge >= 0.3 is 0 Å². The molecule has 0 atom stereocenters. The summed E-state index contributed by atoms with van der Waals surface area (Å²) in [6, 6.07) is 10.7. The smallest absolute Gasteiger partial charge is 0.146 e. The molecule has 88 valence electrons. The van der Waals surface area contributed by atoms with Crippen LogP contribution in [0.2, 0.25) is 0 Å². The van der Waals surface area contributed by atoms with Crippen LogP contribution in [-0.2, 0) is 0 Å². The Balaban J connectivity index is 2.35. The van der Waals surface area contributed by atoms with Gasteiger partial charge in [0.05, 0.1) is 5.69 Å². The number of nitrogens with one attached hydrogen (secondary N) is 1. The number of aryl methyl sites for hydroxylation is 1. The zero-order chi connectivity index (χ0) is 12.4. The highest BCUT2D eigenvalue weighted by Crippen LogP contribution is 2.26. The van der Waals surface area contributed by atoms with Crippen LogP contribution in [0.1, 0.15) is 11.1 Å². The second-order valence-corrected chi connectivity index (χ2v) is 4.13. The fourth-order valence-electron chi connectivity index (χ4n) is 1.66. The summed E-state index contributed by atoms with van der Waals surface area (Å²) in [5.74, 6) is -0.258. The maximum atomic E-state index is 13.7. The normalized spacial score (nSPS) is 10.3. The first-order valence-corrected chi connectivity index (χ1v) is 5.46. The van der Waals surface area contributed by atoms with Crippen LogP contribution in [0.5, 0.6) is 0 Å². The zero-order valence-electron chi connectivity index (χ0n) is 9.92. The maximum absolute atomic E-state index is 13.7. The van der Waals surface area contributed by atoms with Gasteiger partial charge in [0.25, 0.3) is 0 Å². The quantitative estimate of drug-likeness (QED) is 0.771. The predicted molar refractivity (Wildman–Crippen MR) is 70.0 cm³/mol. The van der Waals surface area contributed by atoms with E-state index in [2.05, 4.69) is 5.32 Å². The molecule has 0 aliphatic rings. The van der Waals surface area contributed by atoms with Crippen molar-refractivity contribution in [2.75, 3.05) is 11.1 Å². The van der Waals surface area contributed by atoms with Crippen molar-refractivity contribution in [3.63, 3.8) is 0 Å². The fourth-order valence-corrected chi connectivity index (χ4v) is 1.66. The van der Waals surface area contributed by atoms with Crippen LogP contribution in [-0.4, -0.2) is 0 Å². The molecule has 2 rings (SSSR count). The summed E-state index contributed by atoms with van der Waals surface area (Å²) in [5, 5.41) is 3.05. The molecule has 0 unspecified atom stereocenters. The van der Waals surface area contributed by atoms with Crippen LogP contribution < -0.4 is 11.1 Å². The molecular weight excluding hydrogens is 215 g/mol. The van der Waals surface area contributed by atoms with Gasteiger partial charge in [-0.05, 0) is 49.2 Å². The van der Waals surface area contributed by atoms with Crippen LogP contribution in [0.15, 0.2) is 36.4 Å². The van der Waals surface area contributed by atoms with Gasteiger partial charge in [0.2, 0.25) is 0 Å². The third kappa shape index (κ3) is 2.38. The van der Waals surface area contributed by atoms with Gasteiger partial charge in [-0.3, -0.25) is 0 Å². The molecule has 0 aliphatic heterocycles. The molecule has 0 aromatic heterocycles. The second kappa shape index (κ2) is 4.45. The molecule has 17 heavy (non-hydrogen) atoms. The van der Waals surface area contributed by atoms with E-state index >= 15 is 0 Å². The van der Waals surface area contributed by atoms with E-state index in [4.69, 9.17) is 5.73 Å². The van der Waals surface area contributed by atoms with E-state index in [0.717, 1.165) is 16.8 Å². The van der Waals surface area contributed by atoms with Crippen molar-refractivity contribution in [3.05, 3.63) is 53.3 Å². The fraction of sp³-hybridized carbons (Fsp3) is 0.143. The number of rotatable bonds is 2. The minimum Gasteiger partial charge on any atom is -0.398 e. The molecule has 2 aromatic carbocycles. The molecule has 3 N–H and O–H groups in total. The molecule has 0 bridgehead atoms. The summed E-state index contributed by atoms with van der Waals surface area (Å²) >= 11 is 0. The van der Waals surface area contributed by atoms with Crippen molar-refractivity contribution < 1.29 is 4.39 Å². The zero-order valence-corrected chi connectivity index (χ0v) is 9.92. The first-order valence-electron chi connectivity index (χ1n) is 5.46. The minimum atomic E-state index is -0.258. The van der Waals surface area contributed by atoms with Gasteiger partial charge in [0, 0.05) is 11.4 Å². The second-order valence-electron chi connectivity index (χ2n) is 4.13. The molecule has 0 saturated carbocycles. The van der Waals surface area contributed by atoms with Gasteiger partial charge in [-0.25, -0.2) is 4.39 Å². The van der Waals surface area contributed by atoms with Gasteiger partial charge in [-0.15, -0.1) is 0 Å². The lowest BCUT2D eigenvalue weighted by Crippen LogP contribution is -1.98. The Kier molecular flexibility index (Phi) is 3.00. The Bertz CT molecular complexity index is 550. The number of hydrogen-bond acceptors (Lipinski definition) is 2. The van der Waals surface area contributed by atoms with E-state index in [1.165, 1.54) is 6.07 Å². The molecule has 2 nitrogen and oxygen atoms in total. The van der Waals surface area contributed by atoms with E-state index in [9.17, 15) is 4.39 Å². The van der Waals surface area contributed by atoms with E-state index < -0.39 is 0 Å². The van der Waals surface area contributed by atoms with E-state index in [0.29, 0.717) is 11.4 Å². The lowest BCUT2D eigenvalue weighted by molar-refractivity contribution is 0.630. The van der Waals surface area contributed by atoms with Crippen molar-refractivity contribution in [2.24, 2.45) is 0 Å². The summed E-state index contributed by atoms with van der Waals surface area (Å²) in [4.78, 5) is 0. The van der Waals surface area contributed by atoms with Crippen molar-refractivity contribution in [3.8, 4) is 0 Å². The molecule has 0 spiro atoms. The maximum Gasteiger partial charge on any atom is 0.146 e. The standard InChI is InChI=1S/C14H15FN2/c1-9-6-7-14(11(15)8-9)17-13-5-3-4-12(16)10(13)2/h3-8,17H,16H2,1-2H3. The Morgan fingerprint density at radius 1 is 1.06 bits per heavy atom. The van der Waals surface area contributed by atoms with Crippen LogP contribution in [0, 0.1) is 19.7 Å². The average Bonchev–Trinajstić information content (AvgIpc) is 2.28. The molecule has 0 amide bonds. The SMILES string of the molecule is Cc1ccc(Nc2cccc(N)c2C)c(F)c1. The average molecular weight is 230 g/mol. The van der Waals surface area contributed by atoms with Crippen LogP contribution in [0.25, 0.3) is 0 Å². The topological polar surface area (TPSA) is 38.0 Å². The minimum absolute atomic E-state index is 0.258. The highest BCUT2D eigenvalue weighted by molar-refractivity contribution is 5.69. The number of halogens is 1. The number of hydrogen-bond donors (Lipinski definition) is 2. The molecule has 0 radical (unpaired) electrons. The van der Waals surface area contributed by atoms with Gasteiger partial charge in [0.15, 0.2) is 0 Å². The summed E-state index contributed by atoms with van der Waals surface area (Å²) in [7, 11) is 0. The lowest BCUT2D eigenvalue weighted by Gasteiger charge is -2.12. The Morgan fingerprint density at radius 3 is 2.53 bits per heavy atom. The van der Waals surface area contributed by atoms with Crippen LogP contribution >= 0.6 is 0 Å². The highest BCUT2D eigenvalue weighted by Gasteiger charge is 2.05. The van der Waals surface area contributed by atoms with Crippen LogP contribution in [0.3, 0.4) is 0 Å². The summed E-state index contributed by atoms with van der Waals surface area (Å²) in [6.45, 7) is 3.77. The van der Waals surface area contributed by atoms with Crippen molar-refractivity contribution in [1.82, 2.24) is 0 Å². The number of nitrogen functional groups attached to an aromatic ring is 1. The first kappa shape index (κ1) is 11.5. The largest absolute Gasteiger partial charge is 0.398 e. The Labute approximate surface area is 100 Å². The molecule has 3 heteroatoms. The number of nitrogens with two attached hydrogens (primary N) is 1. The van der Waals surface area contributed by atoms with E-state index in [-0.39, 0.29) is 5.82 Å². The van der Waals surface area contributed by atoms with Gasteiger partial charge in [-0.2, -0.15) is 0 Å². The summed E-state index contributed by atoms with van der Waals surface area (Å²) in [6.07, 6.45) is 0. The molecule has 0 heterocycles. The molecular formula is C14H15FN2. The van der Waals surface area contributed by atoms with Gasteiger partial charge in [0.1, 0.15) is 5.82 Å². The van der Waals surface area contributed by atoms with E-state index in [1.807, 2.05) is 38.1 Å². The Morgan fingerprint density at radius 2 is 1.82 bits per heavy atom. The van der Waals surface area contributed by atoms with Gasteiger partial charge in [-0.1, -0.05) is 12.1 Å². The summed E-state index contributed by atoms with van der Waals surface area (Å²) in [5.41, 5.74) is 9.61. The predicted octanol–water partition coefficient (Wildman–Crippen LogP) is 3.77. The Hall–Kier alpha value is -2.03. The molecule has 2 aromatic rings.